The molecule has 3 aromatic rings. The summed E-state index contributed by atoms with van der Waals surface area (Å²) in [5, 5.41) is 5.36. The SMILES string of the molecule is CN(C)C(=O)c1cc(Cl)c(F)c(CNC(=O)[C@@H]2C[C@@H](F)CN2C(=O)Nc2cn(C(N)=O)c3ccccc23)c1. The van der Waals surface area contributed by atoms with E-state index in [0.717, 1.165) is 9.47 Å². The summed E-state index contributed by atoms with van der Waals surface area (Å²) in [7, 11) is 3.06. The van der Waals surface area contributed by atoms with Gasteiger partial charge in [0.05, 0.1) is 22.8 Å². The number of nitrogens with one attached hydrogen (secondary N) is 2. The minimum Gasteiger partial charge on any atom is -0.351 e. The first-order valence-corrected chi connectivity index (χ1v) is 11.9. The predicted molar refractivity (Wildman–Crippen MR) is 137 cm³/mol. The van der Waals surface area contributed by atoms with E-state index in [0.29, 0.717) is 10.9 Å². The molecule has 0 spiro atoms. The number of nitrogens with zero attached hydrogens (tertiary/aromatic N) is 3. The van der Waals surface area contributed by atoms with Gasteiger partial charge >= 0.3 is 12.1 Å². The summed E-state index contributed by atoms with van der Waals surface area (Å²) < 4.78 is 30.1. The van der Waals surface area contributed by atoms with Gasteiger partial charge in [0.25, 0.3) is 5.91 Å². The van der Waals surface area contributed by atoms with Crippen LogP contribution < -0.4 is 16.4 Å². The first-order valence-electron chi connectivity index (χ1n) is 11.6. The second kappa shape index (κ2) is 10.7. The highest BCUT2D eigenvalue weighted by Gasteiger charge is 2.40. The number of likely N-dealkylation sites (tertiary alicyclic amines) is 1. The minimum atomic E-state index is -1.46. The molecule has 4 N–H and O–H groups in total. The molecule has 1 aromatic heterocycles. The van der Waals surface area contributed by atoms with E-state index in [1.165, 1.54) is 37.3 Å². The number of amides is 5. The average Bonchev–Trinajstić information content (AvgIpc) is 3.45. The Morgan fingerprint density at radius 1 is 1.18 bits per heavy atom. The summed E-state index contributed by atoms with van der Waals surface area (Å²) in [6.07, 6.45) is -0.377. The molecule has 1 aliphatic heterocycles. The predicted octanol–water partition coefficient (Wildman–Crippen LogP) is 3.32. The Morgan fingerprint density at radius 2 is 1.89 bits per heavy atom. The fraction of sp³-hybridized carbons (Fsp3) is 0.280. The van der Waals surface area contributed by atoms with E-state index < -0.39 is 41.9 Å². The number of para-hydroxylation sites is 1. The van der Waals surface area contributed by atoms with E-state index >= 15 is 0 Å². The van der Waals surface area contributed by atoms with Crippen molar-refractivity contribution in [2.24, 2.45) is 5.73 Å². The number of nitrogens with two attached hydrogens (primary N) is 1. The van der Waals surface area contributed by atoms with Gasteiger partial charge in [-0.05, 0) is 18.2 Å². The van der Waals surface area contributed by atoms with Crippen LogP contribution in [0.4, 0.5) is 24.1 Å². The number of urea groups is 1. The van der Waals surface area contributed by atoms with Crippen LogP contribution >= 0.6 is 11.6 Å². The Kier molecular flexibility index (Phi) is 7.53. The molecule has 13 heteroatoms. The number of primary amides is 1. The number of fused-ring (bicyclic) bond motifs is 1. The van der Waals surface area contributed by atoms with Crippen LogP contribution in [0.25, 0.3) is 10.9 Å². The van der Waals surface area contributed by atoms with Crippen LogP contribution in [0.3, 0.4) is 0 Å². The molecule has 0 radical (unpaired) electrons. The topological polar surface area (TPSA) is 130 Å². The maximum atomic E-state index is 14.6. The van der Waals surface area contributed by atoms with E-state index in [2.05, 4.69) is 10.6 Å². The monoisotopic (exact) mass is 546 g/mol. The molecule has 4 rings (SSSR count). The molecule has 0 bridgehead atoms. The third-order valence-electron chi connectivity index (χ3n) is 6.21. The average molecular weight is 547 g/mol. The van der Waals surface area contributed by atoms with Gasteiger partial charge in [-0.15, -0.1) is 0 Å². The molecule has 1 aliphatic rings. The number of carbonyl (C=O) groups excluding carboxylic acids is 4. The number of alkyl halides is 1. The summed E-state index contributed by atoms with van der Waals surface area (Å²) in [5.74, 6) is -1.92. The highest BCUT2D eigenvalue weighted by Crippen LogP contribution is 2.28. The molecule has 0 saturated carbocycles. The molecule has 0 unspecified atom stereocenters. The number of hydrogen-bond donors (Lipinski definition) is 3. The number of anilines is 1. The van der Waals surface area contributed by atoms with Gasteiger partial charge < -0.3 is 26.2 Å². The Morgan fingerprint density at radius 3 is 2.58 bits per heavy atom. The van der Waals surface area contributed by atoms with Gasteiger partial charge in [0.1, 0.15) is 18.0 Å². The molecule has 5 amide bonds. The van der Waals surface area contributed by atoms with Crippen LogP contribution in [-0.2, 0) is 11.3 Å². The van der Waals surface area contributed by atoms with Crippen LogP contribution in [0.1, 0.15) is 22.3 Å². The molecular weight excluding hydrogens is 522 g/mol. The lowest BCUT2D eigenvalue weighted by Crippen LogP contribution is -2.47. The molecule has 38 heavy (non-hydrogen) atoms. The van der Waals surface area contributed by atoms with Crippen molar-refractivity contribution in [2.75, 3.05) is 26.0 Å². The zero-order chi connectivity index (χ0) is 27.7. The zero-order valence-corrected chi connectivity index (χ0v) is 21.3. The summed E-state index contributed by atoms with van der Waals surface area (Å²) in [6.45, 7) is -0.681. The molecule has 2 heterocycles. The summed E-state index contributed by atoms with van der Waals surface area (Å²) >= 11 is 5.93. The van der Waals surface area contributed by atoms with Crippen LogP contribution in [-0.4, -0.2) is 71.1 Å². The second-order valence-corrected chi connectivity index (χ2v) is 9.46. The molecule has 0 aliphatic carbocycles. The molecule has 10 nitrogen and oxygen atoms in total. The minimum absolute atomic E-state index is 0.0406. The van der Waals surface area contributed by atoms with Crippen LogP contribution in [0.2, 0.25) is 5.02 Å². The fourth-order valence-electron chi connectivity index (χ4n) is 4.36. The van der Waals surface area contributed by atoms with Crippen molar-refractivity contribution in [3.63, 3.8) is 0 Å². The first kappa shape index (κ1) is 26.9. The summed E-state index contributed by atoms with van der Waals surface area (Å²) in [6, 6.07) is 6.49. The maximum absolute atomic E-state index is 14.6. The van der Waals surface area contributed by atoms with Crippen molar-refractivity contribution in [1.29, 1.82) is 0 Å². The maximum Gasteiger partial charge on any atom is 0.323 e. The van der Waals surface area contributed by atoms with Crippen molar-refractivity contribution in [3.05, 3.63) is 64.6 Å². The molecule has 1 fully saturated rings. The lowest BCUT2D eigenvalue weighted by Gasteiger charge is -2.24. The van der Waals surface area contributed by atoms with Crippen LogP contribution in [0, 0.1) is 5.82 Å². The van der Waals surface area contributed by atoms with E-state index in [4.69, 9.17) is 17.3 Å². The Balaban J connectivity index is 1.50. The molecule has 200 valence electrons. The molecule has 1 saturated heterocycles. The number of rotatable bonds is 5. The van der Waals surface area contributed by atoms with Crippen molar-refractivity contribution in [2.45, 2.75) is 25.2 Å². The van der Waals surface area contributed by atoms with Gasteiger partial charge in [-0.3, -0.25) is 14.2 Å². The van der Waals surface area contributed by atoms with Gasteiger partial charge in [0.2, 0.25) is 5.91 Å². The van der Waals surface area contributed by atoms with Crippen molar-refractivity contribution < 1.29 is 28.0 Å². The Labute approximate surface area is 221 Å². The highest BCUT2D eigenvalue weighted by molar-refractivity contribution is 6.31. The largest absolute Gasteiger partial charge is 0.351 e. The molecule has 2 aromatic carbocycles. The highest BCUT2D eigenvalue weighted by atomic mass is 35.5. The smallest absolute Gasteiger partial charge is 0.323 e. The first-order chi connectivity index (χ1) is 18.0. The normalized spacial score (nSPS) is 16.9. The zero-order valence-electron chi connectivity index (χ0n) is 20.5. The van der Waals surface area contributed by atoms with Crippen molar-refractivity contribution >= 4 is 52.1 Å². The third-order valence-corrected chi connectivity index (χ3v) is 6.49. The van der Waals surface area contributed by atoms with E-state index in [-0.39, 0.29) is 41.3 Å². The summed E-state index contributed by atoms with van der Waals surface area (Å²) in [5.41, 5.74) is 6.22. The molecular formula is C25H25ClF2N6O4. The van der Waals surface area contributed by atoms with Crippen LogP contribution in [0.15, 0.2) is 42.6 Å². The lowest BCUT2D eigenvalue weighted by molar-refractivity contribution is -0.124. The Hall–Kier alpha value is -4.19. The van der Waals surface area contributed by atoms with Crippen LogP contribution in [0.5, 0.6) is 0 Å². The fourth-order valence-corrected chi connectivity index (χ4v) is 4.60. The Bertz CT molecular complexity index is 1440. The van der Waals surface area contributed by atoms with E-state index in [1.54, 1.807) is 24.3 Å². The second-order valence-electron chi connectivity index (χ2n) is 9.05. The molecule has 2 atom stereocenters. The number of carbonyl (C=O) groups is 4. The number of aromatic nitrogens is 1. The number of halogens is 3. The standard InChI is InChI=1S/C25H25ClF2N6O4/c1-32(2)23(36)13-7-14(21(28)17(26)8-13)10-30-22(35)20-9-15(27)11-34(20)25(38)31-18-12-33(24(29)37)19-6-4-3-5-16(18)19/h3-8,12,15,20H,9-11H2,1-2H3,(H2,29,37)(H,30,35)(H,31,38)/t15-,20+/m1/s1. The third kappa shape index (κ3) is 5.25. The van der Waals surface area contributed by atoms with Gasteiger partial charge in [-0.2, -0.15) is 0 Å². The number of benzene rings is 2. The quantitative estimate of drug-likeness (QED) is 0.453. The van der Waals surface area contributed by atoms with Gasteiger partial charge in [-0.25, -0.2) is 18.4 Å². The lowest BCUT2D eigenvalue weighted by atomic mass is 10.1. The van der Waals surface area contributed by atoms with Gasteiger partial charge in [-0.1, -0.05) is 29.8 Å². The summed E-state index contributed by atoms with van der Waals surface area (Å²) in [4.78, 5) is 52.4. The van der Waals surface area contributed by atoms with Gasteiger partial charge in [0, 0.05) is 49.8 Å². The van der Waals surface area contributed by atoms with E-state index in [9.17, 15) is 28.0 Å². The van der Waals surface area contributed by atoms with Gasteiger partial charge in [0.15, 0.2) is 0 Å². The van der Waals surface area contributed by atoms with Crippen molar-refractivity contribution in [3.8, 4) is 0 Å². The van der Waals surface area contributed by atoms with E-state index in [1.807, 2.05) is 0 Å². The number of hydrogen-bond acceptors (Lipinski definition) is 4. The van der Waals surface area contributed by atoms with Crippen molar-refractivity contribution in [1.82, 2.24) is 19.7 Å².